The molecule has 0 aromatic rings. The number of unbranched alkanes of at least 4 members (excludes halogenated alkanes) is 30. The van der Waals surface area contributed by atoms with Gasteiger partial charge in [0.25, 0.3) is 0 Å². The lowest BCUT2D eigenvalue weighted by Gasteiger charge is -2.21. The Morgan fingerprint density at radius 2 is 0.488 bits per heavy atom. The van der Waals surface area contributed by atoms with E-state index in [0.29, 0.717) is 37.5 Å². The molecule has 0 radical (unpaired) electrons. The molecule has 0 heterocycles. The average Bonchev–Trinajstić information content (AvgIpc) is 3.52. The van der Waals surface area contributed by atoms with Crippen LogP contribution < -0.4 is 0 Å². The molecule has 0 fully saturated rings. The fraction of sp³-hybridized carbons (Fsp3) is 0.940. The summed E-state index contributed by atoms with van der Waals surface area (Å²) in [6.07, 6.45) is 37.9. The molecule has 510 valence electrons. The Morgan fingerprint density at radius 3 is 0.721 bits per heavy atom. The van der Waals surface area contributed by atoms with Gasteiger partial charge in [-0.3, -0.25) is 37.3 Å². The zero-order chi connectivity index (χ0) is 63.9. The van der Waals surface area contributed by atoms with Crippen molar-refractivity contribution in [3.8, 4) is 0 Å². The van der Waals surface area contributed by atoms with Gasteiger partial charge in [0.05, 0.1) is 26.4 Å². The van der Waals surface area contributed by atoms with E-state index < -0.39 is 97.5 Å². The molecule has 0 spiro atoms. The minimum absolute atomic E-state index is 0.102. The number of aliphatic hydroxyl groups is 1. The Labute approximate surface area is 524 Å². The molecule has 0 aliphatic heterocycles. The summed E-state index contributed by atoms with van der Waals surface area (Å²) >= 11 is 0. The molecular formula is C67H130O17P2. The Bertz CT molecular complexity index is 1710. The normalized spacial score (nSPS) is 14.4. The molecule has 0 aromatic heterocycles. The van der Waals surface area contributed by atoms with Gasteiger partial charge in [0.1, 0.15) is 19.3 Å². The lowest BCUT2D eigenvalue weighted by molar-refractivity contribution is -0.161. The molecule has 17 nitrogen and oxygen atoms in total. The summed E-state index contributed by atoms with van der Waals surface area (Å²) in [7, 11) is -9.89. The van der Waals surface area contributed by atoms with Gasteiger partial charge >= 0.3 is 39.5 Å². The van der Waals surface area contributed by atoms with Gasteiger partial charge in [-0.1, -0.05) is 274 Å². The van der Waals surface area contributed by atoms with Crippen LogP contribution in [0.4, 0.5) is 0 Å². The summed E-state index contributed by atoms with van der Waals surface area (Å²) < 4.78 is 68.1. The highest BCUT2D eigenvalue weighted by Gasteiger charge is 2.30. The van der Waals surface area contributed by atoms with E-state index in [2.05, 4.69) is 55.4 Å². The minimum atomic E-state index is -4.95. The number of carbonyl (C=O) groups is 4. The second-order valence-corrected chi connectivity index (χ2v) is 29.0. The van der Waals surface area contributed by atoms with Gasteiger partial charge in [0.15, 0.2) is 12.2 Å². The van der Waals surface area contributed by atoms with Crippen LogP contribution in [0, 0.1) is 23.7 Å². The summed E-state index contributed by atoms with van der Waals surface area (Å²) in [6, 6.07) is 0. The number of carbonyl (C=O) groups excluding carboxylic acids is 4. The number of phosphoric acid groups is 2. The van der Waals surface area contributed by atoms with Crippen molar-refractivity contribution in [2.75, 3.05) is 39.6 Å². The van der Waals surface area contributed by atoms with Crippen molar-refractivity contribution in [3.05, 3.63) is 0 Å². The molecule has 0 amide bonds. The number of phosphoric ester groups is 2. The average molecular weight is 1270 g/mol. The number of rotatable bonds is 64. The van der Waals surface area contributed by atoms with Crippen LogP contribution in [0.1, 0.15) is 325 Å². The molecule has 5 atom stereocenters. The predicted octanol–water partition coefficient (Wildman–Crippen LogP) is 18.5. The Morgan fingerprint density at radius 1 is 0.291 bits per heavy atom. The number of esters is 4. The highest BCUT2D eigenvalue weighted by atomic mass is 31.2. The minimum Gasteiger partial charge on any atom is -0.462 e. The largest absolute Gasteiger partial charge is 0.472 e. The number of hydrogen-bond acceptors (Lipinski definition) is 15. The summed E-state index contributed by atoms with van der Waals surface area (Å²) in [6.45, 7) is 14.0. The van der Waals surface area contributed by atoms with Crippen LogP contribution in [0.2, 0.25) is 0 Å². The SMILES string of the molecule is CC(C)CCCCCCCCCCCCCCCC(=O)O[C@H](COC(=O)CCCCCCCCC(C)C)COP(=O)(O)OCC(O)COP(=O)(O)OC[C@@H](COC(=O)CCCCCCCCCCC(C)C)OC(=O)CCCCCCCCCC(C)C. The molecule has 3 N–H and O–H groups in total. The van der Waals surface area contributed by atoms with Gasteiger partial charge in [-0.25, -0.2) is 9.13 Å². The highest BCUT2D eigenvalue weighted by molar-refractivity contribution is 7.47. The third-order valence-corrected chi connectivity index (χ3v) is 17.2. The molecule has 0 aromatic carbocycles. The van der Waals surface area contributed by atoms with Gasteiger partial charge in [0, 0.05) is 25.7 Å². The first-order valence-electron chi connectivity index (χ1n) is 34.7. The van der Waals surface area contributed by atoms with Crippen LogP contribution in [0.5, 0.6) is 0 Å². The topological polar surface area (TPSA) is 237 Å². The van der Waals surface area contributed by atoms with E-state index in [4.69, 9.17) is 37.0 Å². The van der Waals surface area contributed by atoms with Crippen LogP contribution in [0.25, 0.3) is 0 Å². The lowest BCUT2D eigenvalue weighted by Crippen LogP contribution is -2.30. The van der Waals surface area contributed by atoms with Crippen molar-refractivity contribution in [1.29, 1.82) is 0 Å². The van der Waals surface area contributed by atoms with Crippen molar-refractivity contribution in [2.45, 2.75) is 343 Å². The van der Waals surface area contributed by atoms with Gasteiger partial charge in [-0.15, -0.1) is 0 Å². The van der Waals surface area contributed by atoms with E-state index in [1.807, 2.05) is 0 Å². The van der Waals surface area contributed by atoms with Gasteiger partial charge in [0.2, 0.25) is 0 Å². The summed E-state index contributed by atoms with van der Waals surface area (Å²) in [5.41, 5.74) is 0. The van der Waals surface area contributed by atoms with Gasteiger partial charge in [-0.05, 0) is 49.4 Å². The first-order valence-corrected chi connectivity index (χ1v) is 37.7. The first-order chi connectivity index (χ1) is 41.1. The third kappa shape index (κ3) is 60.9. The molecule has 0 aliphatic carbocycles. The second kappa shape index (κ2) is 57.0. The van der Waals surface area contributed by atoms with Crippen molar-refractivity contribution in [1.82, 2.24) is 0 Å². The fourth-order valence-electron chi connectivity index (χ4n) is 9.96. The molecule has 3 unspecified atom stereocenters. The van der Waals surface area contributed by atoms with E-state index in [1.165, 1.54) is 122 Å². The van der Waals surface area contributed by atoms with E-state index >= 15 is 0 Å². The Kier molecular flexibility index (Phi) is 55.7. The Balaban J connectivity index is 5.22. The molecule has 19 heteroatoms. The van der Waals surface area contributed by atoms with Crippen molar-refractivity contribution in [2.24, 2.45) is 23.7 Å². The number of aliphatic hydroxyl groups excluding tert-OH is 1. The van der Waals surface area contributed by atoms with Crippen LogP contribution >= 0.6 is 15.6 Å². The summed E-state index contributed by atoms with van der Waals surface area (Å²) in [4.78, 5) is 72.3. The quantitative estimate of drug-likeness (QED) is 0.0222. The number of hydrogen-bond donors (Lipinski definition) is 3. The molecule has 86 heavy (non-hydrogen) atoms. The van der Waals surface area contributed by atoms with E-state index in [1.54, 1.807) is 0 Å². The zero-order valence-electron chi connectivity index (χ0n) is 55.9. The molecule has 0 saturated carbocycles. The fourth-order valence-corrected chi connectivity index (χ4v) is 11.5. The van der Waals surface area contributed by atoms with E-state index in [9.17, 15) is 43.2 Å². The number of ether oxygens (including phenoxy) is 4. The maximum absolute atomic E-state index is 13.0. The summed E-state index contributed by atoms with van der Waals surface area (Å²) in [5.74, 6) is 0.750. The standard InChI is InChI=1S/C67H130O17P2/c1-57(2)43-35-27-19-14-12-10-9-11-13-15-23-33-41-49-66(71)83-63(54-78-65(70)48-40-32-26-25-30-38-46-60(7)8)56-82-86(75,76)80-52-61(68)51-79-85(73,74)81-55-62(84-67(72)50-42-34-24-18-21-29-37-45-59(5)6)53-77-64(69)47-39-31-22-17-16-20-28-36-44-58(3)4/h57-63,68H,9-56H2,1-8H3,(H,73,74)(H,75,76)/t61?,62-,63-/m1/s1. The summed E-state index contributed by atoms with van der Waals surface area (Å²) in [5, 5.41) is 10.6. The molecule has 0 saturated heterocycles. The smallest absolute Gasteiger partial charge is 0.462 e. The van der Waals surface area contributed by atoms with Crippen molar-refractivity contribution < 1.29 is 80.2 Å². The van der Waals surface area contributed by atoms with Crippen molar-refractivity contribution >= 4 is 39.5 Å². The molecule has 0 aliphatic rings. The van der Waals surface area contributed by atoms with Crippen molar-refractivity contribution in [3.63, 3.8) is 0 Å². The van der Waals surface area contributed by atoms with E-state index in [0.717, 1.165) is 108 Å². The highest BCUT2D eigenvalue weighted by Crippen LogP contribution is 2.45. The first kappa shape index (κ1) is 84.1. The molecule has 0 bridgehead atoms. The maximum atomic E-state index is 13.0. The third-order valence-electron chi connectivity index (χ3n) is 15.3. The lowest BCUT2D eigenvalue weighted by atomic mass is 10.0. The maximum Gasteiger partial charge on any atom is 0.472 e. The van der Waals surface area contributed by atoms with Gasteiger partial charge < -0.3 is 33.8 Å². The predicted molar refractivity (Wildman–Crippen MR) is 344 cm³/mol. The monoisotopic (exact) mass is 1270 g/mol. The molecular weight excluding hydrogens is 1140 g/mol. The van der Waals surface area contributed by atoms with E-state index in [-0.39, 0.29) is 25.7 Å². The van der Waals surface area contributed by atoms with Crippen LogP contribution in [-0.4, -0.2) is 96.7 Å². The zero-order valence-corrected chi connectivity index (χ0v) is 57.7. The molecule has 0 rings (SSSR count). The Hall–Kier alpha value is -1.94. The second-order valence-electron chi connectivity index (χ2n) is 26.1. The van der Waals surface area contributed by atoms with Crippen LogP contribution in [0.15, 0.2) is 0 Å². The van der Waals surface area contributed by atoms with Gasteiger partial charge in [-0.2, -0.15) is 0 Å². The van der Waals surface area contributed by atoms with Crippen LogP contribution in [-0.2, 0) is 65.4 Å². The van der Waals surface area contributed by atoms with Crippen LogP contribution in [0.3, 0.4) is 0 Å².